The predicted octanol–water partition coefficient (Wildman–Crippen LogP) is 5.99. The number of hydrogen-bond acceptors (Lipinski definition) is 7. The quantitative estimate of drug-likeness (QED) is 0.221. The van der Waals surface area contributed by atoms with Crippen LogP contribution in [0.1, 0.15) is 58.8 Å². The third-order valence-electron chi connectivity index (χ3n) is 7.92. The zero-order valence-electron chi connectivity index (χ0n) is 24.3. The molecule has 0 bridgehead atoms. The van der Waals surface area contributed by atoms with Gasteiger partial charge in [0.25, 0.3) is 0 Å². The number of rotatable bonds is 9. The Kier molecular flexibility index (Phi) is 8.49. The molecule has 1 fully saturated rings. The van der Waals surface area contributed by atoms with Crippen molar-refractivity contribution in [3.8, 4) is 11.6 Å². The molecule has 0 aliphatic carbocycles. The first-order valence-electron chi connectivity index (χ1n) is 12.9. The molecule has 0 amide bonds. The summed E-state index contributed by atoms with van der Waals surface area (Å²) in [7, 11) is -0.640. The Morgan fingerprint density at radius 2 is 1.76 bits per heavy atom. The van der Waals surface area contributed by atoms with Gasteiger partial charge in [-0.05, 0) is 75.6 Å². The molecule has 1 saturated heterocycles. The van der Waals surface area contributed by atoms with Gasteiger partial charge in [-0.15, -0.1) is 0 Å². The highest BCUT2D eigenvalue weighted by atomic mass is 28.4. The molecule has 0 atom stereocenters. The SMILES string of the molecule is [C-]#[N+]c1ccc(Oc2ccc(B3OC(C)(C)C(C)(C)O3)c(C=O)c2)nc1N(C)CCO[Si](C)(C)C(C)(C)C. The number of carbonyl (C=O) groups is 1. The standard InChI is InChI=1S/C28H40BN3O5Si/c1-26(2,3)38(10,11)34-17-16-32(9)25-23(30-8)14-15-24(31-25)35-21-12-13-22(20(18-21)19-33)29-36-27(4,5)28(6,7)37-29/h12-15,18-19H,16-17H2,1-7,9-11H3. The van der Waals surface area contributed by atoms with Gasteiger partial charge in [0.1, 0.15) is 17.9 Å². The smallest absolute Gasteiger partial charge is 0.439 e. The highest BCUT2D eigenvalue weighted by Crippen LogP contribution is 2.38. The minimum absolute atomic E-state index is 0.123. The molecule has 1 aliphatic heterocycles. The van der Waals surface area contributed by atoms with Crippen LogP contribution >= 0.6 is 0 Å². The Hall–Kier alpha value is -2.71. The maximum absolute atomic E-state index is 11.9. The van der Waals surface area contributed by atoms with Gasteiger partial charge >= 0.3 is 7.12 Å². The van der Waals surface area contributed by atoms with E-state index in [0.717, 1.165) is 6.29 Å². The van der Waals surface area contributed by atoms with E-state index in [2.05, 4.69) is 43.7 Å². The molecule has 0 unspecified atom stereocenters. The summed E-state index contributed by atoms with van der Waals surface area (Å²) in [6, 6.07) is 8.53. The summed E-state index contributed by atoms with van der Waals surface area (Å²) in [6.45, 7) is 27.6. The topological polar surface area (TPSA) is 74.5 Å². The van der Waals surface area contributed by atoms with Crippen LogP contribution in [0, 0.1) is 6.57 Å². The van der Waals surface area contributed by atoms with Gasteiger partial charge in [0.15, 0.2) is 8.32 Å². The van der Waals surface area contributed by atoms with Gasteiger partial charge in [0.05, 0.1) is 24.4 Å². The van der Waals surface area contributed by atoms with E-state index >= 15 is 0 Å². The molecular weight excluding hydrogens is 497 g/mol. The number of aromatic nitrogens is 1. The molecule has 0 spiro atoms. The highest BCUT2D eigenvalue weighted by Gasteiger charge is 2.52. The van der Waals surface area contributed by atoms with Crippen LogP contribution in [0.4, 0.5) is 11.5 Å². The number of aldehydes is 1. The fourth-order valence-electron chi connectivity index (χ4n) is 3.63. The molecule has 0 saturated carbocycles. The number of carbonyl (C=O) groups excluding carboxylic acids is 1. The van der Waals surface area contributed by atoms with E-state index in [1.165, 1.54) is 0 Å². The number of benzene rings is 1. The molecule has 1 aromatic heterocycles. The maximum Gasteiger partial charge on any atom is 0.495 e. The molecule has 1 aromatic carbocycles. The van der Waals surface area contributed by atoms with Gasteiger partial charge < -0.3 is 23.4 Å². The highest BCUT2D eigenvalue weighted by molar-refractivity contribution is 6.74. The average Bonchev–Trinajstić information content (AvgIpc) is 3.04. The number of nitrogens with zero attached hydrogens (tertiary/aromatic N) is 3. The maximum atomic E-state index is 11.9. The molecule has 1 aliphatic rings. The molecule has 10 heteroatoms. The fourth-order valence-corrected chi connectivity index (χ4v) is 4.67. The first kappa shape index (κ1) is 29.8. The van der Waals surface area contributed by atoms with E-state index in [0.29, 0.717) is 47.3 Å². The van der Waals surface area contributed by atoms with Crippen molar-refractivity contribution in [3.63, 3.8) is 0 Å². The van der Waals surface area contributed by atoms with E-state index in [1.807, 2.05) is 39.6 Å². The van der Waals surface area contributed by atoms with Crippen LogP contribution in [0.2, 0.25) is 18.1 Å². The zero-order valence-corrected chi connectivity index (χ0v) is 25.3. The lowest BCUT2D eigenvalue weighted by atomic mass is 9.76. The van der Waals surface area contributed by atoms with E-state index in [1.54, 1.807) is 30.3 Å². The first-order chi connectivity index (χ1) is 17.5. The van der Waals surface area contributed by atoms with Gasteiger partial charge in [-0.25, -0.2) is 9.83 Å². The summed E-state index contributed by atoms with van der Waals surface area (Å²) in [5, 5.41) is 0.123. The lowest BCUT2D eigenvalue weighted by molar-refractivity contribution is 0.00578. The minimum Gasteiger partial charge on any atom is -0.439 e. The van der Waals surface area contributed by atoms with Crippen LogP contribution in [0.15, 0.2) is 30.3 Å². The van der Waals surface area contributed by atoms with Crippen LogP contribution in [-0.4, -0.2) is 58.1 Å². The Bertz CT molecular complexity index is 1200. The summed E-state index contributed by atoms with van der Waals surface area (Å²) < 4.78 is 24.5. The van der Waals surface area contributed by atoms with E-state index < -0.39 is 26.6 Å². The third kappa shape index (κ3) is 6.29. The minimum atomic E-state index is -1.87. The molecule has 3 rings (SSSR count). The molecule has 2 heterocycles. The van der Waals surface area contributed by atoms with Crippen LogP contribution in [-0.2, 0) is 13.7 Å². The number of anilines is 1. The Morgan fingerprint density at radius 3 is 2.32 bits per heavy atom. The van der Waals surface area contributed by atoms with Gasteiger partial charge in [-0.1, -0.05) is 26.8 Å². The summed E-state index contributed by atoms with van der Waals surface area (Å²) >= 11 is 0. The summed E-state index contributed by atoms with van der Waals surface area (Å²) in [4.78, 5) is 22.1. The van der Waals surface area contributed by atoms with E-state index in [4.69, 9.17) is 25.0 Å². The molecule has 0 radical (unpaired) electrons. The molecule has 204 valence electrons. The number of ether oxygens (including phenoxy) is 1. The predicted molar refractivity (Wildman–Crippen MR) is 155 cm³/mol. The Morgan fingerprint density at radius 1 is 1.13 bits per heavy atom. The molecule has 2 aromatic rings. The van der Waals surface area contributed by atoms with Crippen LogP contribution in [0.25, 0.3) is 4.85 Å². The normalized spacial score (nSPS) is 16.7. The van der Waals surface area contributed by atoms with Gasteiger partial charge in [0, 0.05) is 19.2 Å². The second-order valence-electron chi connectivity index (χ2n) is 12.2. The molecule has 8 nitrogen and oxygen atoms in total. The van der Waals surface area contributed by atoms with Crippen LogP contribution < -0.4 is 15.1 Å². The monoisotopic (exact) mass is 537 g/mol. The van der Waals surface area contributed by atoms with Gasteiger partial charge in [0.2, 0.25) is 11.6 Å². The van der Waals surface area contributed by atoms with E-state index in [-0.39, 0.29) is 5.04 Å². The van der Waals surface area contributed by atoms with Crippen molar-refractivity contribution in [1.82, 2.24) is 4.98 Å². The van der Waals surface area contributed by atoms with Crippen molar-refractivity contribution in [2.75, 3.05) is 25.1 Å². The number of pyridine rings is 1. The molecule has 0 N–H and O–H groups in total. The summed E-state index contributed by atoms with van der Waals surface area (Å²) in [5.74, 6) is 1.29. The van der Waals surface area contributed by atoms with Crippen molar-refractivity contribution in [3.05, 3.63) is 47.3 Å². The van der Waals surface area contributed by atoms with Crippen molar-refractivity contribution in [2.45, 2.75) is 77.8 Å². The van der Waals surface area contributed by atoms with Crippen molar-refractivity contribution in [1.29, 1.82) is 0 Å². The van der Waals surface area contributed by atoms with Crippen molar-refractivity contribution < 1.29 is 23.3 Å². The van der Waals surface area contributed by atoms with E-state index in [9.17, 15) is 4.79 Å². The molecular formula is C28H40BN3O5Si. The number of likely N-dealkylation sites (N-methyl/N-ethyl adjacent to an activating group) is 1. The van der Waals surface area contributed by atoms with Crippen LogP contribution in [0.3, 0.4) is 0 Å². The lowest BCUT2D eigenvalue weighted by Gasteiger charge is -2.36. The average molecular weight is 538 g/mol. The van der Waals surface area contributed by atoms with Crippen molar-refractivity contribution in [2.24, 2.45) is 0 Å². The first-order valence-corrected chi connectivity index (χ1v) is 15.8. The fraction of sp³-hybridized carbons (Fsp3) is 0.536. The summed E-state index contributed by atoms with van der Waals surface area (Å²) in [5.41, 5.74) is 0.458. The van der Waals surface area contributed by atoms with Gasteiger partial charge in [-0.3, -0.25) is 4.79 Å². The summed E-state index contributed by atoms with van der Waals surface area (Å²) in [6.07, 6.45) is 0.768. The van der Waals surface area contributed by atoms with Gasteiger partial charge in [-0.2, -0.15) is 0 Å². The second-order valence-corrected chi connectivity index (χ2v) is 17.0. The Balaban J connectivity index is 1.77. The van der Waals surface area contributed by atoms with Crippen molar-refractivity contribution >= 4 is 38.7 Å². The largest absolute Gasteiger partial charge is 0.495 e. The molecule has 38 heavy (non-hydrogen) atoms. The van der Waals surface area contributed by atoms with Crippen LogP contribution in [0.5, 0.6) is 11.6 Å². The Labute approximate surface area is 228 Å². The second kappa shape index (κ2) is 10.8. The number of hydrogen-bond donors (Lipinski definition) is 0. The third-order valence-corrected chi connectivity index (χ3v) is 12.5. The lowest BCUT2D eigenvalue weighted by Crippen LogP contribution is -2.42. The zero-order chi connectivity index (χ0) is 28.5.